The number of nitrogens with zero attached hydrogens (tertiary/aromatic N) is 3. The van der Waals surface area contributed by atoms with E-state index in [2.05, 4.69) is 20.3 Å². The number of aromatic nitrogens is 3. The predicted octanol–water partition coefficient (Wildman–Crippen LogP) is 3.72. The molecule has 2 aromatic heterocycles. The topological polar surface area (TPSA) is 50.7 Å². The quantitative estimate of drug-likeness (QED) is 0.937. The molecule has 0 fully saturated rings. The molecule has 2 aromatic rings. The molecule has 0 aliphatic rings. The van der Waals surface area contributed by atoms with Crippen molar-refractivity contribution in [2.45, 2.75) is 25.9 Å². The van der Waals surface area contributed by atoms with Gasteiger partial charge in [0.2, 0.25) is 0 Å². The van der Waals surface area contributed by atoms with Gasteiger partial charge >= 0.3 is 6.18 Å². The van der Waals surface area contributed by atoms with Crippen LogP contribution in [0.5, 0.6) is 0 Å². The van der Waals surface area contributed by atoms with Crippen LogP contribution in [0.4, 0.5) is 19.0 Å². The van der Waals surface area contributed by atoms with Crippen LogP contribution in [0.2, 0.25) is 0 Å². The fraction of sp³-hybridized carbons (Fsp3) is 0.357. The Kier molecular flexibility index (Phi) is 4.11. The molecule has 2 rings (SSSR count). The van der Waals surface area contributed by atoms with Gasteiger partial charge in [0, 0.05) is 30.6 Å². The molecule has 0 atom stereocenters. The van der Waals surface area contributed by atoms with Crippen LogP contribution in [-0.2, 0) is 6.18 Å². The van der Waals surface area contributed by atoms with Gasteiger partial charge in [-0.05, 0) is 12.0 Å². The van der Waals surface area contributed by atoms with E-state index in [4.69, 9.17) is 0 Å². The van der Waals surface area contributed by atoms with Crippen molar-refractivity contribution < 1.29 is 13.2 Å². The van der Waals surface area contributed by atoms with Crippen molar-refractivity contribution in [2.75, 3.05) is 12.4 Å². The molecule has 0 saturated heterocycles. The van der Waals surface area contributed by atoms with Gasteiger partial charge in [0.15, 0.2) is 0 Å². The Bertz CT molecular complexity index is 638. The highest BCUT2D eigenvalue weighted by atomic mass is 19.4. The van der Waals surface area contributed by atoms with Gasteiger partial charge in [0.05, 0.1) is 11.3 Å². The first kappa shape index (κ1) is 15.2. The second kappa shape index (κ2) is 5.67. The van der Waals surface area contributed by atoms with Crippen molar-refractivity contribution in [3.05, 3.63) is 35.9 Å². The van der Waals surface area contributed by atoms with Crippen molar-refractivity contribution in [1.29, 1.82) is 0 Å². The largest absolute Gasteiger partial charge is 0.417 e. The van der Waals surface area contributed by atoms with Gasteiger partial charge in [0.1, 0.15) is 12.1 Å². The second-order valence-corrected chi connectivity index (χ2v) is 4.81. The summed E-state index contributed by atoms with van der Waals surface area (Å²) in [6.45, 7) is 3.76. The van der Waals surface area contributed by atoms with E-state index >= 15 is 0 Å². The molecule has 0 aliphatic heterocycles. The van der Waals surface area contributed by atoms with Crippen LogP contribution >= 0.6 is 0 Å². The fourth-order valence-electron chi connectivity index (χ4n) is 2.19. The third-order valence-corrected chi connectivity index (χ3v) is 3.08. The van der Waals surface area contributed by atoms with Crippen LogP contribution in [0.15, 0.2) is 24.8 Å². The van der Waals surface area contributed by atoms with Gasteiger partial charge < -0.3 is 5.32 Å². The van der Waals surface area contributed by atoms with Crippen LogP contribution in [0, 0.1) is 0 Å². The van der Waals surface area contributed by atoms with Gasteiger partial charge in [-0.3, -0.25) is 4.98 Å². The van der Waals surface area contributed by atoms with E-state index in [0.717, 1.165) is 12.3 Å². The maximum Gasteiger partial charge on any atom is 0.417 e. The minimum atomic E-state index is -4.46. The first-order valence-electron chi connectivity index (χ1n) is 6.40. The van der Waals surface area contributed by atoms with E-state index < -0.39 is 11.7 Å². The summed E-state index contributed by atoms with van der Waals surface area (Å²) in [5.41, 5.74) is 0.107. The lowest BCUT2D eigenvalue weighted by molar-refractivity contribution is -0.137. The highest BCUT2D eigenvalue weighted by Gasteiger charge is 2.35. The molecule has 0 amide bonds. The summed E-state index contributed by atoms with van der Waals surface area (Å²) in [5, 5.41) is 2.89. The summed E-state index contributed by atoms with van der Waals surface area (Å²) in [6.07, 6.45) is -0.893. The van der Waals surface area contributed by atoms with Crippen LogP contribution in [0.25, 0.3) is 11.3 Å². The fourth-order valence-corrected chi connectivity index (χ4v) is 2.19. The molecule has 2 heterocycles. The Morgan fingerprint density at radius 2 is 1.90 bits per heavy atom. The summed E-state index contributed by atoms with van der Waals surface area (Å²) in [6, 6.07) is 0.959. The Hall–Kier alpha value is -2.18. The molecular formula is C14H15F3N4. The van der Waals surface area contributed by atoms with Crippen molar-refractivity contribution in [3.8, 4) is 11.3 Å². The van der Waals surface area contributed by atoms with Crippen LogP contribution in [0.1, 0.15) is 30.9 Å². The third kappa shape index (κ3) is 2.96. The van der Waals surface area contributed by atoms with Gasteiger partial charge in [-0.15, -0.1) is 0 Å². The minimum absolute atomic E-state index is 0.0346. The molecule has 0 aliphatic carbocycles. The Morgan fingerprint density at radius 3 is 2.48 bits per heavy atom. The molecule has 0 saturated carbocycles. The van der Waals surface area contributed by atoms with E-state index in [9.17, 15) is 13.2 Å². The SMILES string of the molecule is CNc1ncnc(-c2cnccc2C(F)(F)F)c1C(C)C. The zero-order valence-corrected chi connectivity index (χ0v) is 11.9. The Morgan fingerprint density at radius 1 is 1.19 bits per heavy atom. The number of anilines is 1. The molecule has 0 unspecified atom stereocenters. The molecular weight excluding hydrogens is 281 g/mol. The van der Waals surface area contributed by atoms with Crippen LogP contribution < -0.4 is 5.32 Å². The number of alkyl halides is 3. The summed E-state index contributed by atoms with van der Waals surface area (Å²) < 4.78 is 39.5. The highest BCUT2D eigenvalue weighted by molar-refractivity contribution is 5.71. The van der Waals surface area contributed by atoms with Crippen molar-refractivity contribution >= 4 is 5.82 Å². The lowest BCUT2D eigenvalue weighted by atomic mass is 9.95. The summed E-state index contributed by atoms with van der Waals surface area (Å²) >= 11 is 0. The zero-order chi connectivity index (χ0) is 15.6. The molecule has 21 heavy (non-hydrogen) atoms. The lowest BCUT2D eigenvalue weighted by Gasteiger charge is -2.18. The lowest BCUT2D eigenvalue weighted by Crippen LogP contribution is -2.11. The molecule has 1 N–H and O–H groups in total. The van der Waals surface area contributed by atoms with Gasteiger partial charge in [0.25, 0.3) is 0 Å². The minimum Gasteiger partial charge on any atom is -0.373 e. The number of hydrogen-bond acceptors (Lipinski definition) is 4. The average Bonchev–Trinajstić information content (AvgIpc) is 2.45. The molecule has 0 radical (unpaired) electrons. The molecule has 7 heteroatoms. The summed E-state index contributed by atoms with van der Waals surface area (Å²) in [4.78, 5) is 11.9. The number of pyridine rings is 1. The monoisotopic (exact) mass is 296 g/mol. The van der Waals surface area contributed by atoms with E-state index in [1.54, 1.807) is 7.05 Å². The highest BCUT2D eigenvalue weighted by Crippen LogP contribution is 2.39. The molecule has 0 bridgehead atoms. The molecule has 0 spiro atoms. The summed E-state index contributed by atoms with van der Waals surface area (Å²) in [7, 11) is 1.67. The molecule has 4 nitrogen and oxygen atoms in total. The first-order valence-corrected chi connectivity index (χ1v) is 6.40. The van der Waals surface area contributed by atoms with E-state index in [1.807, 2.05) is 13.8 Å². The normalized spacial score (nSPS) is 11.8. The van der Waals surface area contributed by atoms with Crippen LogP contribution in [0.3, 0.4) is 0 Å². The number of hydrogen-bond donors (Lipinski definition) is 1. The van der Waals surface area contributed by atoms with Gasteiger partial charge in [-0.1, -0.05) is 13.8 Å². The van der Waals surface area contributed by atoms with E-state index in [1.165, 1.54) is 12.5 Å². The van der Waals surface area contributed by atoms with Gasteiger partial charge in [-0.25, -0.2) is 9.97 Å². The van der Waals surface area contributed by atoms with Crippen molar-refractivity contribution in [2.24, 2.45) is 0 Å². The average molecular weight is 296 g/mol. The third-order valence-electron chi connectivity index (χ3n) is 3.08. The second-order valence-electron chi connectivity index (χ2n) is 4.81. The standard InChI is InChI=1S/C14H15F3N4/c1-8(2)11-12(20-7-21-13(11)18-3)9-6-19-5-4-10(9)14(15,16)17/h4-8H,1-3H3,(H,18,20,21). The Labute approximate surface area is 120 Å². The number of nitrogens with one attached hydrogen (secondary N) is 1. The maximum absolute atomic E-state index is 13.2. The zero-order valence-electron chi connectivity index (χ0n) is 11.9. The molecule has 0 aromatic carbocycles. The number of rotatable bonds is 3. The smallest absolute Gasteiger partial charge is 0.373 e. The van der Waals surface area contributed by atoms with Crippen molar-refractivity contribution in [1.82, 2.24) is 15.0 Å². The first-order chi connectivity index (χ1) is 9.86. The van der Waals surface area contributed by atoms with Crippen molar-refractivity contribution in [3.63, 3.8) is 0 Å². The maximum atomic E-state index is 13.2. The van der Waals surface area contributed by atoms with Crippen LogP contribution in [-0.4, -0.2) is 22.0 Å². The van der Waals surface area contributed by atoms with E-state index in [0.29, 0.717) is 11.4 Å². The van der Waals surface area contributed by atoms with E-state index in [-0.39, 0.29) is 17.2 Å². The molecule has 112 valence electrons. The van der Waals surface area contributed by atoms with Gasteiger partial charge in [-0.2, -0.15) is 13.2 Å². The summed E-state index contributed by atoms with van der Waals surface area (Å²) in [5.74, 6) is 0.483. The number of halogens is 3. The predicted molar refractivity (Wildman–Crippen MR) is 73.9 cm³/mol. The Balaban J connectivity index is 2.74.